The maximum Gasteiger partial charge on any atom is 0.364 e. The molecule has 21 heteroatoms. The van der Waals surface area contributed by atoms with E-state index in [1.165, 1.54) is 0 Å². The van der Waals surface area contributed by atoms with Crippen LogP contribution in [0.25, 0.3) is 0 Å². The second-order valence-corrected chi connectivity index (χ2v) is 13.6. The van der Waals surface area contributed by atoms with E-state index in [9.17, 15) is 59.1 Å². The van der Waals surface area contributed by atoms with Crippen molar-refractivity contribution in [2.24, 2.45) is 0 Å². The second kappa shape index (κ2) is 23.6. The number of imide groups is 1. The molecular formula is C36H50ClN5O15. The van der Waals surface area contributed by atoms with Gasteiger partial charge in [-0.15, -0.1) is 0 Å². The van der Waals surface area contributed by atoms with Crippen molar-refractivity contribution < 1.29 is 73.3 Å². The Kier molecular flexibility index (Phi) is 19.4. The average molecular weight is 828 g/mol. The average Bonchev–Trinajstić information content (AvgIpc) is 3.50. The van der Waals surface area contributed by atoms with Gasteiger partial charge in [-0.05, 0) is 30.5 Å². The molecule has 2 aliphatic rings. The van der Waals surface area contributed by atoms with Gasteiger partial charge >= 0.3 is 5.97 Å². The molecule has 3 rings (SSSR count). The first-order chi connectivity index (χ1) is 27.1. The first-order valence-electron chi connectivity index (χ1n) is 18.3. The van der Waals surface area contributed by atoms with E-state index < -0.39 is 85.4 Å². The molecule has 0 bridgehead atoms. The lowest BCUT2D eigenvalue weighted by atomic mass is 9.88. The van der Waals surface area contributed by atoms with Crippen LogP contribution in [0.5, 0.6) is 0 Å². The summed E-state index contributed by atoms with van der Waals surface area (Å²) in [6.45, 7) is -1.00. The van der Waals surface area contributed by atoms with Gasteiger partial charge in [0.25, 0.3) is 17.6 Å². The molecule has 0 unspecified atom stereocenters. The number of hydrogen-bond acceptors (Lipinski definition) is 14. The molecule has 316 valence electrons. The van der Waals surface area contributed by atoms with Crippen molar-refractivity contribution in [2.75, 3.05) is 52.6 Å². The topological polar surface area (TPSA) is 300 Å². The van der Waals surface area contributed by atoms with Crippen molar-refractivity contribution in [3.05, 3.63) is 47.0 Å². The zero-order chi connectivity index (χ0) is 42.0. The van der Waals surface area contributed by atoms with Crippen molar-refractivity contribution in [2.45, 2.75) is 81.2 Å². The molecule has 2 heterocycles. The van der Waals surface area contributed by atoms with Gasteiger partial charge in [0, 0.05) is 62.6 Å². The largest absolute Gasteiger partial charge is 0.477 e. The van der Waals surface area contributed by atoms with Crippen LogP contribution in [-0.4, -0.2) is 161 Å². The highest BCUT2D eigenvalue weighted by Crippen LogP contribution is 2.34. The van der Waals surface area contributed by atoms with Crippen LogP contribution < -0.4 is 21.3 Å². The Morgan fingerprint density at radius 3 is 2.12 bits per heavy atom. The van der Waals surface area contributed by atoms with Crippen LogP contribution in [0.2, 0.25) is 5.02 Å². The van der Waals surface area contributed by atoms with Gasteiger partial charge in [0.1, 0.15) is 18.8 Å². The number of carbonyl (C=O) groups is 7. The molecule has 1 saturated heterocycles. The number of ether oxygens (including phenoxy) is 3. The number of aliphatic hydroxyl groups excluding tert-OH is 4. The fourth-order valence-corrected chi connectivity index (χ4v) is 5.95. The van der Waals surface area contributed by atoms with E-state index in [0.717, 1.165) is 17.1 Å². The van der Waals surface area contributed by atoms with E-state index >= 15 is 0 Å². The van der Waals surface area contributed by atoms with Gasteiger partial charge in [-0.25, -0.2) is 4.79 Å². The van der Waals surface area contributed by atoms with Crippen molar-refractivity contribution in [3.8, 4) is 0 Å². The first kappa shape index (κ1) is 46.8. The number of hydrogen-bond donors (Lipinski definition) is 9. The van der Waals surface area contributed by atoms with Gasteiger partial charge in [0.2, 0.25) is 23.6 Å². The lowest BCUT2D eigenvalue weighted by Crippen LogP contribution is -2.68. The van der Waals surface area contributed by atoms with Crippen LogP contribution in [0.3, 0.4) is 0 Å². The van der Waals surface area contributed by atoms with Crippen LogP contribution in [0.15, 0.2) is 36.4 Å². The first-order valence-corrected chi connectivity index (χ1v) is 18.7. The summed E-state index contributed by atoms with van der Waals surface area (Å²) in [5.41, 5.74) is 0.619. The molecule has 0 aliphatic carbocycles. The summed E-state index contributed by atoms with van der Waals surface area (Å²) in [7, 11) is 0. The summed E-state index contributed by atoms with van der Waals surface area (Å²) >= 11 is 5.86. The van der Waals surface area contributed by atoms with E-state index in [1.807, 2.05) is 0 Å². The molecule has 9 N–H and O–H groups in total. The lowest BCUT2D eigenvalue weighted by molar-refractivity contribution is -0.310. The van der Waals surface area contributed by atoms with Crippen LogP contribution in [0.4, 0.5) is 0 Å². The van der Waals surface area contributed by atoms with Crippen molar-refractivity contribution in [1.82, 2.24) is 26.2 Å². The third kappa shape index (κ3) is 15.4. The Bertz CT molecular complexity index is 1560. The Labute approximate surface area is 332 Å². The summed E-state index contributed by atoms with van der Waals surface area (Å²) in [6.07, 6.45) is -4.51. The SMILES string of the molecule is O=C(CCCCCO[C@]1(C(=O)O)C[C@H](O)[C@@H](NC(=O)CO)[C@H]([C@H](O)[C@H](O)CNC(=O)Cc2ccc(Cl)cc2)O1)NCCOCCNC(=O)CCN1C(=O)C=CC1=O. The number of carboxylic acids is 1. The smallest absolute Gasteiger partial charge is 0.364 e. The predicted molar refractivity (Wildman–Crippen MR) is 197 cm³/mol. The quantitative estimate of drug-likeness (QED) is 0.0357. The summed E-state index contributed by atoms with van der Waals surface area (Å²) in [4.78, 5) is 85.0. The second-order valence-electron chi connectivity index (χ2n) is 13.2. The summed E-state index contributed by atoms with van der Waals surface area (Å²) in [5, 5.41) is 62.6. The molecule has 1 aromatic rings. The fourth-order valence-electron chi connectivity index (χ4n) is 5.83. The number of aliphatic hydroxyl groups is 4. The molecule has 1 fully saturated rings. The number of rotatable bonds is 25. The number of carboxylic acid groups (broad SMARTS) is 1. The van der Waals surface area contributed by atoms with Gasteiger partial charge in [0.15, 0.2) is 0 Å². The third-order valence-corrected chi connectivity index (χ3v) is 9.12. The van der Waals surface area contributed by atoms with Gasteiger partial charge < -0.3 is 61.0 Å². The number of aliphatic carboxylic acids is 1. The predicted octanol–water partition coefficient (Wildman–Crippen LogP) is -2.73. The Balaban J connectivity index is 1.37. The molecular weight excluding hydrogens is 778 g/mol. The summed E-state index contributed by atoms with van der Waals surface area (Å²) < 4.78 is 16.7. The van der Waals surface area contributed by atoms with Crippen LogP contribution in [-0.2, 0) is 54.2 Å². The summed E-state index contributed by atoms with van der Waals surface area (Å²) in [5.74, 6) is -7.22. The Morgan fingerprint density at radius 1 is 0.877 bits per heavy atom. The van der Waals surface area contributed by atoms with E-state index in [4.69, 9.17) is 25.8 Å². The number of amides is 6. The summed E-state index contributed by atoms with van der Waals surface area (Å²) in [6, 6.07) is 4.96. The third-order valence-electron chi connectivity index (χ3n) is 8.87. The van der Waals surface area contributed by atoms with Crippen LogP contribution in [0, 0.1) is 0 Å². The van der Waals surface area contributed by atoms with Crippen molar-refractivity contribution >= 4 is 53.0 Å². The number of nitrogens with one attached hydrogen (secondary N) is 4. The zero-order valence-corrected chi connectivity index (χ0v) is 31.9. The minimum atomic E-state index is -2.52. The minimum Gasteiger partial charge on any atom is -0.477 e. The molecule has 6 amide bonds. The maximum atomic E-state index is 12.5. The highest BCUT2D eigenvalue weighted by atomic mass is 35.5. The molecule has 57 heavy (non-hydrogen) atoms. The van der Waals surface area contributed by atoms with Gasteiger partial charge in [-0.2, -0.15) is 0 Å². The molecule has 0 saturated carbocycles. The number of nitrogens with zero attached hydrogens (tertiary/aromatic N) is 1. The van der Waals surface area contributed by atoms with Crippen molar-refractivity contribution in [3.63, 3.8) is 0 Å². The zero-order valence-electron chi connectivity index (χ0n) is 31.1. The molecule has 1 aromatic carbocycles. The van der Waals surface area contributed by atoms with Crippen LogP contribution >= 0.6 is 11.6 Å². The number of halogens is 1. The van der Waals surface area contributed by atoms with Crippen molar-refractivity contribution in [1.29, 1.82) is 0 Å². The Hall–Kier alpha value is -4.54. The Morgan fingerprint density at radius 2 is 1.51 bits per heavy atom. The van der Waals surface area contributed by atoms with Gasteiger partial charge in [-0.3, -0.25) is 33.7 Å². The number of benzene rings is 1. The number of unbranched alkanes of at least 4 members (excludes halogenated alkanes) is 2. The van der Waals surface area contributed by atoms with Gasteiger partial charge in [-0.1, -0.05) is 30.2 Å². The van der Waals surface area contributed by atoms with E-state index in [1.54, 1.807) is 24.3 Å². The molecule has 0 spiro atoms. The highest BCUT2D eigenvalue weighted by Gasteiger charge is 2.55. The van der Waals surface area contributed by atoms with E-state index in [-0.39, 0.29) is 77.0 Å². The molecule has 0 radical (unpaired) electrons. The molecule has 0 aromatic heterocycles. The highest BCUT2D eigenvalue weighted by molar-refractivity contribution is 6.30. The monoisotopic (exact) mass is 827 g/mol. The molecule has 2 aliphatic heterocycles. The maximum absolute atomic E-state index is 12.5. The normalized spacial score (nSPS) is 21.5. The minimum absolute atomic E-state index is 0.0253. The van der Waals surface area contributed by atoms with E-state index in [2.05, 4.69) is 21.3 Å². The van der Waals surface area contributed by atoms with Gasteiger partial charge in [0.05, 0.1) is 44.5 Å². The standard InChI is InChI=1S/C36H50ClN5O15/c37-23-7-5-22(6-8-23)18-28(48)40-20-25(45)33(52)34-32(41-29(49)21-43)24(44)19-36(57-34,35(53)54)56-15-3-1-2-4-26(46)38-12-16-55-17-13-39-27(47)11-14-42-30(50)9-10-31(42)51/h5-10,24-25,32-34,43-45,52H,1-4,11-21H2,(H,38,46)(H,39,47)(H,40,48)(H,41,49)(H,53,54)/t24-,25+,32+,33+,34+,36+/m0/s1. The molecule has 6 atom stereocenters. The number of carbonyl (C=O) groups excluding carboxylic acids is 6. The lowest BCUT2D eigenvalue weighted by Gasteiger charge is -2.46. The van der Waals surface area contributed by atoms with E-state index in [0.29, 0.717) is 23.4 Å². The fraction of sp³-hybridized carbons (Fsp3) is 0.583. The van der Waals surface area contributed by atoms with Crippen LogP contribution in [0.1, 0.15) is 44.1 Å². The molecule has 20 nitrogen and oxygen atoms in total.